The summed E-state index contributed by atoms with van der Waals surface area (Å²) in [5, 5.41) is 12.5. The van der Waals surface area contributed by atoms with Crippen molar-refractivity contribution in [2.75, 3.05) is 25.0 Å². The summed E-state index contributed by atoms with van der Waals surface area (Å²) in [6.45, 7) is 7.52. The molecule has 1 aromatic heterocycles. The fourth-order valence-electron chi connectivity index (χ4n) is 3.15. The van der Waals surface area contributed by atoms with Crippen molar-refractivity contribution in [3.05, 3.63) is 29.8 Å². The van der Waals surface area contributed by atoms with Crippen LogP contribution in [0, 0.1) is 5.92 Å². The molecular formula is C20H26N4O3S. The Morgan fingerprint density at radius 2 is 1.89 bits per heavy atom. The van der Waals surface area contributed by atoms with Gasteiger partial charge in [0.15, 0.2) is 0 Å². The highest BCUT2D eigenvalue weighted by Gasteiger charge is 2.28. The predicted octanol–water partition coefficient (Wildman–Crippen LogP) is 4.14. The highest BCUT2D eigenvalue weighted by molar-refractivity contribution is 7.18. The van der Waals surface area contributed by atoms with Gasteiger partial charge in [-0.3, -0.25) is 4.79 Å². The second-order valence-corrected chi connectivity index (χ2v) is 8.12. The molecular weight excluding hydrogens is 376 g/mol. The number of hydrogen-bond acceptors (Lipinski definition) is 6. The monoisotopic (exact) mass is 402 g/mol. The van der Waals surface area contributed by atoms with Crippen molar-refractivity contribution in [3.8, 4) is 10.6 Å². The number of likely N-dealkylation sites (tertiary alicyclic amines) is 1. The molecule has 0 radical (unpaired) electrons. The van der Waals surface area contributed by atoms with Crippen LogP contribution in [-0.2, 0) is 9.53 Å². The first-order chi connectivity index (χ1) is 13.5. The lowest BCUT2D eigenvalue weighted by Gasteiger charge is -2.30. The summed E-state index contributed by atoms with van der Waals surface area (Å²) in [5.41, 5.74) is 2.26. The van der Waals surface area contributed by atoms with Crippen molar-refractivity contribution in [1.29, 1.82) is 0 Å². The summed E-state index contributed by atoms with van der Waals surface area (Å²) in [4.78, 5) is 25.9. The molecule has 28 heavy (non-hydrogen) atoms. The topological polar surface area (TPSA) is 84.4 Å². The quantitative estimate of drug-likeness (QED) is 0.813. The van der Waals surface area contributed by atoms with Gasteiger partial charge in [0.2, 0.25) is 11.0 Å². The standard InChI is InChI=1S/C20H26N4O3S/c1-4-27-20(26)24-11-9-15(10-12-24)17(25)21-19-23-22-18(28-19)16-7-5-14(6-8-16)13(2)3/h5-8,13,15H,4,9-12H2,1-3H3,(H,21,23,25). The lowest BCUT2D eigenvalue weighted by molar-refractivity contribution is -0.121. The number of carbonyl (C=O) groups is 2. The maximum Gasteiger partial charge on any atom is 0.409 e. The Hall–Kier alpha value is -2.48. The summed E-state index contributed by atoms with van der Waals surface area (Å²) < 4.78 is 5.01. The number of aromatic nitrogens is 2. The van der Waals surface area contributed by atoms with Crippen LogP contribution in [0.2, 0.25) is 0 Å². The molecule has 150 valence electrons. The Kier molecular flexibility index (Phi) is 6.61. The van der Waals surface area contributed by atoms with Gasteiger partial charge in [0, 0.05) is 24.6 Å². The van der Waals surface area contributed by atoms with Crippen LogP contribution in [0.4, 0.5) is 9.93 Å². The number of ether oxygens (including phenoxy) is 1. The number of carbonyl (C=O) groups excluding carboxylic acids is 2. The Morgan fingerprint density at radius 3 is 2.50 bits per heavy atom. The highest BCUT2D eigenvalue weighted by Crippen LogP contribution is 2.28. The average molecular weight is 403 g/mol. The predicted molar refractivity (Wildman–Crippen MR) is 109 cm³/mol. The number of amides is 2. The number of nitrogens with one attached hydrogen (secondary N) is 1. The third-order valence-corrected chi connectivity index (χ3v) is 5.76. The van der Waals surface area contributed by atoms with Crippen LogP contribution in [0.5, 0.6) is 0 Å². The van der Waals surface area contributed by atoms with Gasteiger partial charge in [-0.2, -0.15) is 0 Å². The van der Waals surface area contributed by atoms with Crippen LogP contribution >= 0.6 is 11.3 Å². The fourth-order valence-corrected chi connectivity index (χ4v) is 3.90. The van der Waals surface area contributed by atoms with E-state index in [9.17, 15) is 9.59 Å². The maximum absolute atomic E-state index is 12.5. The molecule has 1 aromatic carbocycles. The number of rotatable bonds is 5. The van der Waals surface area contributed by atoms with E-state index in [4.69, 9.17) is 4.74 Å². The third kappa shape index (κ3) is 4.86. The van der Waals surface area contributed by atoms with Gasteiger partial charge in [-0.05, 0) is 31.2 Å². The fraction of sp³-hybridized carbons (Fsp3) is 0.500. The zero-order chi connectivity index (χ0) is 20.1. The van der Waals surface area contributed by atoms with Crippen molar-refractivity contribution in [1.82, 2.24) is 15.1 Å². The third-order valence-electron chi connectivity index (χ3n) is 4.87. The molecule has 0 unspecified atom stereocenters. The molecule has 0 saturated carbocycles. The van der Waals surface area contributed by atoms with Crippen LogP contribution in [-0.4, -0.2) is 46.8 Å². The number of piperidine rings is 1. The van der Waals surface area contributed by atoms with E-state index in [1.165, 1.54) is 16.9 Å². The van der Waals surface area contributed by atoms with Crippen LogP contribution in [0.15, 0.2) is 24.3 Å². The summed E-state index contributed by atoms with van der Waals surface area (Å²) >= 11 is 1.37. The van der Waals surface area contributed by atoms with Crippen LogP contribution in [0.3, 0.4) is 0 Å². The van der Waals surface area contributed by atoms with Crippen molar-refractivity contribution >= 4 is 28.5 Å². The summed E-state index contributed by atoms with van der Waals surface area (Å²) in [7, 11) is 0. The molecule has 1 aliphatic heterocycles. The lowest BCUT2D eigenvalue weighted by atomic mass is 9.96. The van der Waals surface area contributed by atoms with E-state index in [2.05, 4.69) is 41.5 Å². The first kappa shape index (κ1) is 20.3. The Bertz CT molecular complexity index is 811. The first-order valence-corrected chi connectivity index (χ1v) is 10.5. The van der Waals surface area contributed by atoms with Gasteiger partial charge in [-0.25, -0.2) is 4.79 Å². The van der Waals surface area contributed by atoms with Gasteiger partial charge < -0.3 is 15.0 Å². The molecule has 7 nitrogen and oxygen atoms in total. The molecule has 8 heteroatoms. The molecule has 2 amide bonds. The molecule has 1 fully saturated rings. The largest absolute Gasteiger partial charge is 0.450 e. The van der Waals surface area contributed by atoms with Crippen molar-refractivity contribution in [2.24, 2.45) is 5.92 Å². The average Bonchev–Trinajstić information content (AvgIpc) is 3.17. The van der Waals surface area contributed by atoms with E-state index in [0.717, 1.165) is 10.6 Å². The zero-order valence-corrected chi connectivity index (χ0v) is 17.3. The minimum atomic E-state index is -0.307. The van der Waals surface area contributed by atoms with Gasteiger partial charge in [-0.1, -0.05) is 49.4 Å². The SMILES string of the molecule is CCOC(=O)N1CCC(C(=O)Nc2nnc(-c3ccc(C(C)C)cc3)s2)CC1. The molecule has 3 rings (SSSR count). The smallest absolute Gasteiger partial charge is 0.409 e. The zero-order valence-electron chi connectivity index (χ0n) is 16.5. The van der Waals surface area contributed by atoms with Crippen molar-refractivity contribution < 1.29 is 14.3 Å². The van der Waals surface area contributed by atoms with Crippen molar-refractivity contribution in [3.63, 3.8) is 0 Å². The molecule has 0 bridgehead atoms. The Balaban J connectivity index is 1.55. The molecule has 1 N–H and O–H groups in total. The minimum Gasteiger partial charge on any atom is -0.450 e. The maximum atomic E-state index is 12.5. The van der Waals surface area contributed by atoms with Gasteiger partial charge in [0.1, 0.15) is 5.01 Å². The number of benzene rings is 1. The molecule has 2 aromatic rings. The van der Waals surface area contributed by atoms with Gasteiger partial charge in [-0.15, -0.1) is 10.2 Å². The summed E-state index contributed by atoms with van der Waals surface area (Å²) in [6.07, 6.45) is 0.929. The van der Waals surface area contributed by atoms with Crippen LogP contribution in [0.1, 0.15) is 45.1 Å². The van der Waals surface area contributed by atoms with Crippen LogP contribution in [0.25, 0.3) is 10.6 Å². The molecule has 0 atom stereocenters. The molecule has 1 saturated heterocycles. The van der Waals surface area contributed by atoms with E-state index in [1.54, 1.807) is 11.8 Å². The van der Waals surface area contributed by atoms with Crippen LogP contribution < -0.4 is 5.32 Å². The Morgan fingerprint density at radius 1 is 1.21 bits per heavy atom. The molecule has 2 heterocycles. The normalized spacial score (nSPS) is 14.9. The van der Waals surface area contributed by atoms with E-state index in [1.807, 2.05) is 12.1 Å². The summed E-state index contributed by atoms with van der Waals surface area (Å²) in [5.74, 6) is 0.276. The van der Waals surface area contributed by atoms with Crippen molar-refractivity contribution in [2.45, 2.75) is 39.5 Å². The number of anilines is 1. The second kappa shape index (κ2) is 9.14. The molecule has 0 aliphatic carbocycles. The van der Waals surface area contributed by atoms with E-state index in [-0.39, 0.29) is 17.9 Å². The number of hydrogen-bond donors (Lipinski definition) is 1. The van der Waals surface area contributed by atoms with Gasteiger partial charge in [0.25, 0.3) is 0 Å². The Labute approximate surface area is 169 Å². The molecule has 1 aliphatic rings. The lowest BCUT2D eigenvalue weighted by Crippen LogP contribution is -2.41. The highest BCUT2D eigenvalue weighted by atomic mass is 32.1. The molecule has 0 spiro atoms. The second-order valence-electron chi connectivity index (χ2n) is 7.14. The first-order valence-electron chi connectivity index (χ1n) is 9.64. The van der Waals surface area contributed by atoms with E-state index < -0.39 is 0 Å². The van der Waals surface area contributed by atoms with E-state index >= 15 is 0 Å². The van der Waals surface area contributed by atoms with E-state index in [0.29, 0.717) is 43.6 Å². The number of nitrogens with zero attached hydrogens (tertiary/aromatic N) is 3. The van der Waals surface area contributed by atoms with Gasteiger partial charge >= 0.3 is 6.09 Å². The van der Waals surface area contributed by atoms with Gasteiger partial charge in [0.05, 0.1) is 6.61 Å². The minimum absolute atomic E-state index is 0.0682. The summed E-state index contributed by atoms with van der Waals surface area (Å²) in [6, 6.07) is 8.26.